The van der Waals surface area contributed by atoms with Crippen molar-refractivity contribution in [3.05, 3.63) is 0 Å². The molecule has 0 aromatic rings. The fraction of sp³-hybridized carbons (Fsp3) is 0.900. The van der Waals surface area contributed by atoms with Crippen LogP contribution < -0.4 is 0 Å². The van der Waals surface area contributed by atoms with E-state index in [9.17, 15) is 25.9 Å². The fourth-order valence-corrected chi connectivity index (χ4v) is 2.57. The van der Waals surface area contributed by atoms with Crippen molar-refractivity contribution in [3.63, 3.8) is 0 Å². The van der Waals surface area contributed by atoms with Crippen LogP contribution in [0, 0.1) is 0 Å². The first kappa shape index (κ1) is 16.1. The Bertz CT molecular complexity index is 458. The Morgan fingerprint density at radius 2 is 1.95 bits per heavy atom. The molecule has 0 aromatic carbocycles. The van der Waals surface area contributed by atoms with Crippen molar-refractivity contribution < 1.29 is 30.6 Å². The van der Waals surface area contributed by atoms with E-state index in [1.54, 1.807) is 20.8 Å². The van der Waals surface area contributed by atoms with Gasteiger partial charge in [-0.05, 0) is 20.8 Å². The van der Waals surface area contributed by atoms with Gasteiger partial charge in [0.1, 0.15) is 11.4 Å². The number of ether oxygens (including phenoxy) is 1. The van der Waals surface area contributed by atoms with E-state index in [0.717, 1.165) is 0 Å². The van der Waals surface area contributed by atoms with E-state index >= 15 is 0 Å². The van der Waals surface area contributed by atoms with Crippen molar-refractivity contribution >= 4 is 16.3 Å². The van der Waals surface area contributed by atoms with Gasteiger partial charge in [-0.15, -0.1) is 3.89 Å². The lowest BCUT2D eigenvalue weighted by Gasteiger charge is -2.27. The van der Waals surface area contributed by atoms with Crippen LogP contribution >= 0.6 is 0 Å². The highest BCUT2D eigenvalue weighted by molar-refractivity contribution is 7.86. The molecule has 0 radical (unpaired) electrons. The van der Waals surface area contributed by atoms with E-state index in [4.69, 9.17) is 4.74 Å². The zero-order chi connectivity index (χ0) is 15.1. The number of carbonyl (C=O) groups excluding carboxylic acids is 1. The van der Waals surface area contributed by atoms with Crippen molar-refractivity contribution in [3.8, 4) is 0 Å². The highest BCUT2D eigenvalue weighted by atomic mass is 32.3. The summed E-state index contributed by atoms with van der Waals surface area (Å²) in [4.78, 5) is 12.3. The molecular formula is C10H16F3NO4S. The molecule has 1 amide bonds. The topological polar surface area (TPSA) is 63.7 Å². The lowest BCUT2D eigenvalue weighted by Crippen LogP contribution is -2.42. The largest absolute Gasteiger partial charge is 0.444 e. The molecule has 0 aliphatic carbocycles. The maximum absolute atomic E-state index is 13.2. The number of hydrogen-bond acceptors (Lipinski definition) is 4. The van der Waals surface area contributed by atoms with E-state index in [1.165, 1.54) is 0 Å². The van der Waals surface area contributed by atoms with Crippen molar-refractivity contribution in [2.24, 2.45) is 0 Å². The fourth-order valence-electron chi connectivity index (χ4n) is 1.81. The first-order valence-corrected chi connectivity index (χ1v) is 7.14. The van der Waals surface area contributed by atoms with Crippen LogP contribution in [0.4, 0.5) is 17.5 Å². The maximum atomic E-state index is 13.2. The summed E-state index contributed by atoms with van der Waals surface area (Å²) in [5.74, 6) is -4.39. The SMILES string of the molecule is CC(C)(C)OC(=O)N1CC(F)(F)CC1CS(=O)(=O)F. The normalized spacial score (nSPS) is 23.5. The first-order chi connectivity index (χ1) is 8.29. The zero-order valence-corrected chi connectivity index (χ0v) is 11.6. The number of hydrogen-bond donors (Lipinski definition) is 0. The van der Waals surface area contributed by atoms with Crippen LogP contribution in [0.15, 0.2) is 0 Å². The van der Waals surface area contributed by atoms with Gasteiger partial charge in [-0.3, -0.25) is 4.90 Å². The second-order valence-electron chi connectivity index (χ2n) is 5.53. The van der Waals surface area contributed by atoms with Crippen LogP contribution in [0.5, 0.6) is 0 Å². The van der Waals surface area contributed by atoms with Gasteiger partial charge in [-0.25, -0.2) is 13.6 Å². The summed E-state index contributed by atoms with van der Waals surface area (Å²) in [6, 6.07) is -1.42. The molecule has 1 aliphatic heterocycles. The van der Waals surface area contributed by atoms with Gasteiger partial charge in [0.2, 0.25) is 0 Å². The molecule has 1 rings (SSSR count). The van der Waals surface area contributed by atoms with Gasteiger partial charge in [-0.2, -0.15) is 8.42 Å². The van der Waals surface area contributed by atoms with E-state index in [1.807, 2.05) is 0 Å². The molecule has 1 atom stereocenters. The molecule has 1 unspecified atom stereocenters. The number of alkyl halides is 2. The third kappa shape index (κ3) is 5.25. The van der Waals surface area contributed by atoms with Gasteiger partial charge in [0.15, 0.2) is 0 Å². The monoisotopic (exact) mass is 303 g/mol. The van der Waals surface area contributed by atoms with E-state index < -0.39 is 52.6 Å². The summed E-state index contributed by atoms with van der Waals surface area (Å²) in [5.41, 5.74) is -0.909. The number of amides is 1. The van der Waals surface area contributed by atoms with Gasteiger partial charge < -0.3 is 4.74 Å². The molecule has 0 spiro atoms. The molecule has 5 nitrogen and oxygen atoms in total. The van der Waals surface area contributed by atoms with Crippen LogP contribution in [0.25, 0.3) is 0 Å². The summed E-state index contributed by atoms with van der Waals surface area (Å²) >= 11 is 0. The van der Waals surface area contributed by atoms with E-state index in [0.29, 0.717) is 4.90 Å². The molecule has 112 valence electrons. The molecule has 9 heteroatoms. The molecule has 0 N–H and O–H groups in total. The van der Waals surface area contributed by atoms with E-state index in [2.05, 4.69) is 0 Å². The quantitative estimate of drug-likeness (QED) is 0.731. The Balaban J connectivity index is 2.86. The predicted molar refractivity (Wildman–Crippen MR) is 61.2 cm³/mol. The van der Waals surface area contributed by atoms with Crippen molar-refractivity contribution in [1.82, 2.24) is 4.90 Å². The van der Waals surface area contributed by atoms with Crippen LogP contribution in [-0.2, 0) is 15.0 Å². The standard InChI is InChI=1S/C10H16F3NO4S/c1-9(2,3)18-8(15)14-6-10(11,12)4-7(14)5-19(13,16)17/h7H,4-6H2,1-3H3. The minimum Gasteiger partial charge on any atom is -0.444 e. The third-order valence-electron chi connectivity index (χ3n) is 2.40. The molecule has 1 fully saturated rings. The van der Waals surface area contributed by atoms with Crippen LogP contribution in [0.3, 0.4) is 0 Å². The number of likely N-dealkylation sites (tertiary alicyclic amines) is 1. The molecule has 1 heterocycles. The van der Waals surface area contributed by atoms with Gasteiger partial charge in [0, 0.05) is 6.42 Å². The summed E-state index contributed by atoms with van der Waals surface area (Å²) < 4.78 is 65.1. The molecule has 0 bridgehead atoms. The lowest BCUT2D eigenvalue weighted by atomic mass is 10.2. The predicted octanol–water partition coefficient (Wildman–Crippen LogP) is 1.93. The van der Waals surface area contributed by atoms with Gasteiger partial charge in [0.25, 0.3) is 5.92 Å². The molecule has 19 heavy (non-hydrogen) atoms. The van der Waals surface area contributed by atoms with Crippen molar-refractivity contribution in [2.75, 3.05) is 12.3 Å². The minimum atomic E-state index is -4.95. The average molecular weight is 303 g/mol. The summed E-state index contributed by atoms with van der Waals surface area (Å²) in [7, 11) is -4.95. The summed E-state index contributed by atoms with van der Waals surface area (Å²) in [6.45, 7) is 3.65. The Kier molecular flexibility index (Phi) is 4.09. The third-order valence-corrected chi connectivity index (χ3v) is 3.18. The number of rotatable bonds is 2. The first-order valence-electron chi connectivity index (χ1n) is 5.59. The average Bonchev–Trinajstić information content (AvgIpc) is 2.34. The second-order valence-corrected chi connectivity index (χ2v) is 6.94. The van der Waals surface area contributed by atoms with Crippen molar-refractivity contribution in [2.45, 2.75) is 44.8 Å². The highest BCUT2D eigenvalue weighted by Gasteiger charge is 2.49. The Hall–Kier alpha value is -0.990. The highest BCUT2D eigenvalue weighted by Crippen LogP contribution is 2.33. The smallest absolute Gasteiger partial charge is 0.410 e. The molecule has 0 aromatic heterocycles. The van der Waals surface area contributed by atoms with Gasteiger partial charge in [-0.1, -0.05) is 0 Å². The number of nitrogens with zero attached hydrogens (tertiary/aromatic N) is 1. The Labute approximate surface area is 109 Å². The molecule has 0 saturated carbocycles. The Morgan fingerprint density at radius 1 is 1.42 bits per heavy atom. The van der Waals surface area contributed by atoms with Gasteiger partial charge >= 0.3 is 16.3 Å². The lowest BCUT2D eigenvalue weighted by molar-refractivity contribution is -0.00229. The van der Waals surface area contributed by atoms with Crippen LogP contribution in [0.1, 0.15) is 27.2 Å². The summed E-state index contributed by atoms with van der Waals surface area (Å²) in [6.07, 6.45) is -1.96. The molecular weight excluding hydrogens is 287 g/mol. The van der Waals surface area contributed by atoms with Crippen LogP contribution in [-0.4, -0.2) is 49.3 Å². The minimum absolute atomic E-state index is 0.572. The number of halogens is 3. The van der Waals surface area contributed by atoms with Crippen molar-refractivity contribution in [1.29, 1.82) is 0 Å². The van der Waals surface area contributed by atoms with E-state index in [-0.39, 0.29) is 0 Å². The van der Waals surface area contributed by atoms with Crippen LogP contribution in [0.2, 0.25) is 0 Å². The second kappa shape index (κ2) is 4.84. The number of carbonyl (C=O) groups is 1. The molecule has 1 saturated heterocycles. The molecule has 1 aliphatic rings. The zero-order valence-electron chi connectivity index (χ0n) is 10.8. The van der Waals surface area contributed by atoms with Gasteiger partial charge in [0.05, 0.1) is 12.6 Å². The summed E-state index contributed by atoms with van der Waals surface area (Å²) in [5, 5.41) is 0. The maximum Gasteiger partial charge on any atom is 0.410 e. The Morgan fingerprint density at radius 3 is 2.37 bits per heavy atom.